The van der Waals surface area contributed by atoms with E-state index >= 15 is 0 Å². The summed E-state index contributed by atoms with van der Waals surface area (Å²) in [6, 6.07) is 10.6. The first-order valence-corrected chi connectivity index (χ1v) is 11.8. The van der Waals surface area contributed by atoms with Crippen LogP contribution in [0.25, 0.3) is 0 Å². The summed E-state index contributed by atoms with van der Waals surface area (Å²) in [6.45, 7) is 2.24. The molecule has 4 rings (SSSR count). The molecule has 188 valence electrons. The minimum Gasteiger partial charge on any atom is -0.489 e. The standard InChI is InChI=1S/C24H28N8O4/c33-21-5-2-13-31(24(35)19-8-6-18(7-9-19)16-32-17-28-29-30-32)14-3-11-27-23(34)22-20(4-1-10-26-22)36-15-12-25-21/h1,4,6-10,17H,2-3,5,11-16H2,(H,25,33)(H,27,34). The molecule has 0 aliphatic carbocycles. The number of ether oxygens (including phenoxy) is 1. The Morgan fingerprint density at radius 3 is 2.67 bits per heavy atom. The number of hydrogen-bond donors (Lipinski definition) is 2. The molecule has 0 unspecified atom stereocenters. The zero-order chi connectivity index (χ0) is 25.2. The Balaban J connectivity index is 1.41. The van der Waals surface area contributed by atoms with E-state index in [1.807, 2.05) is 12.1 Å². The highest BCUT2D eigenvalue weighted by molar-refractivity contribution is 5.95. The molecule has 0 radical (unpaired) electrons. The first-order chi connectivity index (χ1) is 17.6. The predicted octanol–water partition coefficient (Wildman–Crippen LogP) is 0.668. The second-order valence-electron chi connectivity index (χ2n) is 8.26. The molecule has 36 heavy (non-hydrogen) atoms. The maximum Gasteiger partial charge on any atom is 0.273 e. The summed E-state index contributed by atoms with van der Waals surface area (Å²) < 4.78 is 7.24. The van der Waals surface area contributed by atoms with Crippen molar-refractivity contribution in [1.82, 2.24) is 40.7 Å². The second-order valence-corrected chi connectivity index (χ2v) is 8.26. The fraction of sp³-hybridized carbons (Fsp3) is 0.375. The van der Waals surface area contributed by atoms with E-state index in [0.717, 1.165) is 5.56 Å². The summed E-state index contributed by atoms with van der Waals surface area (Å²) >= 11 is 0. The summed E-state index contributed by atoms with van der Waals surface area (Å²) in [4.78, 5) is 43.9. The lowest BCUT2D eigenvalue weighted by Gasteiger charge is -2.23. The van der Waals surface area contributed by atoms with Gasteiger partial charge in [-0.3, -0.25) is 14.4 Å². The first kappa shape index (κ1) is 24.8. The van der Waals surface area contributed by atoms with Gasteiger partial charge in [-0.25, -0.2) is 9.67 Å². The van der Waals surface area contributed by atoms with Crippen molar-refractivity contribution in [3.63, 3.8) is 0 Å². The van der Waals surface area contributed by atoms with Crippen LogP contribution in [-0.4, -0.2) is 80.6 Å². The van der Waals surface area contributed by atoms with Gasteiger partial charge in [0.15, 0.2) is 11.4 Å². The number of rotatable bonds is 3. The number of aromatic nitrogens is 5. The van der Waals surface area contributed by atoms with Gasteiger partial charge in [0.05, 0.1) is 13.1 Å². The summed E-state index contributed by atoms with van der Waals surface area (Å²) in [5.74, 6) is -0.235. The first-order valence-electron chi connectivity index (χ1n) is 11.8. The molecule has 1 aromatic carbocycles. The van der Waals surface area contributed by atoms with Gasteiger partial charge in [0.25, 0.3) is 11.8 Å². The van der Waals surface area contributed by atoms with Crippen molar-refractivity contribution in [3.05, 3.63) is 65.7 Å². The van der Waals surface area contributed by atoms with E-state index in [-0.39, 0.29) is 30.0 Å². The van der Waals surface area contributed by atoms with Crippen molar-refractivity contribution in [2.75, 3.05) is 32.8 Å². The number of hydrogen-bond acceptors (Lipinski definition) is 8. The Labute approximate surface area is 208 Å². The van der Waals surface area contributed by atoms with Crippen LogP contribution in [-0.2, 0) is 11.3 Å². The smallest absolute Gasteiger partial charge is 0.273 e. The van der Waals surface area contributed by atoms with Crippen LogP contribution in [0.2, 0.25) is 0 Å². The van der Waals surface area contributed by atoms with Gasteiger partial charge < -0.3 is 20.3 Å². The minimum atomic E-state index is -0.349. The van der Waals surface area contributed by atoms with Gasteiger partial charge in [0.1, 0.15) is 12.9 Å². The molecular weight excluding hydrogens is 464 g/mol. The van der Waals surface area contributed by atoms with Crippen molar-refractivity contribution in [2.45, 2.75) is 25.8 Å². The highest BCUT2D eigenvalue weighted by Gasteiger charge is 2.18. The highest BCUT2D eigenvalue weighted by atomic mass is 16.5. The van der Waals surface area contributed by atoms with Gasteiger partial charge in [-0.1, -0.05) is 12.1 Å². The van der Waals surface area contributed by atoms with Crippen LogP contribution in [0.15, 0.2) is 48.9 Å². The zero-order valence-electron chi connectivity index (χ0n) is 19.8. The maximum atomic E-state index is 13.3. The van der Waals surface area contributed by atoms with Crippen molar-refractivity contribution in [1.29, 1.82) is 0 Å². The monoisotopic (exact) mass is 492 g/mol. The van der Waals surface area contributed by atoms with Gasteiger partial charge in [-0.05, 0) is 53.1 Å². The van der Waals surface area contributed by atoms with Crippen LogP contribution in [0, 0.1) is 0 Å². The van der Waals surface area contributed by atoms with Gasteiger partial charge in [0.2, 0.25) is 5.91 Å². The van der Waals surface area contributed by atoms with E-state index < -0.39 is 0 Å². The topological polar surface area (TPSA) is 144 Å². The predicted molar refractivity (Wildman–Crippen MR) is 128 cm³/mol. The fourth-order valence-corrected chi connectivity index (χ4v) is 3.79. The number of nitrogens with one attached hydrogen (secondary N) is 2. The third-order valence-corrected chi connectivity index (χ3v) is 5.61. The van der Waals surface area contributed by atoms with Crippen molar-refractivity contribution in [3.8, 4) is 5.75 Å². The molecule has 0 fully saturated rings. The number of nitrogens with zero attached hydrogens (tertiary/aromatic N) is 6. The molecule has 0 atom stereocenters. The second kappa shape index (κ2) is 12.4. The lowest BCUT2D eigenvalue weighted by atomic mass is 10.1. The average molecular weight is 493 g/mol. The van der Waals surface area contributed by atoms with E-state index in [4.69, 9.17) is 4.74 Å². The number of tetrazole rings is 1. The molecule has 3 aromatic rings. The van der Waals surface area contributed by atoms with Crippen LogP contribution < -0.4 is 15.4 Å². The molecule has 3 heterocycles. The van der Waals surface area contributed by atoms with Gasteiger partial charge >= 0.3 is 0 Å². The molecular formula is C24H28N8O4. The van der Waals surface area contributed by atoms with E-state index in [1.165, 1.54) is 12.5 Å². The molecule has 2 aromatic heterocycles. The molecule has 0 saturated heterocycles. The Hall–Kier alpha value is -4.35. The summed E-state index contributed by atoms with van der Waals surface area (Å²) in [5, 5.41) is 16.7. The normalized spacial score (nSPS) is 15.8. The largest absolute Gasteiger partial charge is 0.489 e. The summed E-state index contributed by atoms with van der Waals surface area (Å²) in [7, 11) is 0. The van der Waals surface area contributed by atoms with Crippen LogP contribution in [0.5, 0.6) is 5.75 Å². The van der Waals surface area contributed by atoms with Gasteiger partial charge in [-0.15, -0.1) is 5.10 Å². The number of amides is 3. The Morgan fingerprint density at radius 1 is 1.03 bits per heavy atom. The fourth-order valence-electron chi connectivity index (χ4n) is 3.79. The molecule has 12 nitrogen and oxygen atoms in total. The quantitative estimate of drug-likeness (QED) is 0.543. The SMILES string of the molecule is O=C1CCCN(C(=O)c2ccc(Cn3cnnn3)cc2)CCCNC(=O)c2ncccc2OCCN1. The van der Waals surface area contributed by atoms with E-state index in [1.54, 1.807) is 33.8 Å². The Bertz CT molecular complexity index is 1170. The molecule has 12 heteroatoms. The van der Waals surface area contributed by atoms with Gasteiger partial charge in [-0.2, -0.15) is 0 Å². The van der Waals surface area contributed by atoms with Crippen molar-refractivity contribution in [2.24, 2.45) is 0 Å². The number of carbonyl (C=O) groups excluding carboxylic acids is 3. The number of fused-ring (bicyclic) bond motifs is 1. The van der Waals surface area contributed by atoms with Crippen LogP contribution in [0.4, 0.5) is 0 Å². The molecule has 0 saturated carbocycles. The Morgan fingerprint density at radius 2 is 1.86 bits per heavy atom. The summed E-state index contributed by atoms with van der Waals surface area (Å²) in [5.41, 5.74) is 1.70. The van der Waals surface area contributed by atoms with Gasteiger partial charge in [0, 0.05) is 37.8 Å². The summed E-state index contributed by atoms with van der Waals surface area (Å²) in [6.07, 6.45) is 4.42. The number of carbonyl (C=O) groups is 3. The molecule has 2 N–H and O–H groups in total. The Kier molecular flexibility index (Phi) is 8.52. The van der Waals surface area contributed by atoms with E-state index in [9.17, 15) is 14.4 Å². The molecule has 3 amide bonds. The van der Waals surface area contributed by atoms with Crippen LogP contribution in [0.1, 0.15) is 45.7 Å². The maximum absolute atomic E-state index is 13.3. The third-order valence-electron chi connectivity index (χ3n) is 5.61. The number of benzene rings is 1. The molecule has 0 bridgehead atoms. The number of pyridine rings is 1. The average Bonchev–Trinajstić information content (AvgIpc) is 3.40. The van der Waals surface area contributed by atoms with Crippen LogP contribution >= 0.6 is 0 Å². The zero-order valence-corrected chi connectivity index (χ0v) is 19.8. The molecule has 1 aliphatic rings. The van der Waals surface area contributed by atoms with Crippen molar-refractivity contribution < 1.29 is 19.1 Å². The minimum absolute atomic E-state index is 0.116. The lowest BCUT2D eigenvalue weighted by Crippen LogP contribution is -2.36. The highest BCUT2D eigenvalue weighted by Crippen LogP contribution is 2.15. The van der Waals surface area contributed by atoms with Crippen LogP contribution in [0.3, 0.4) is 0 Å². The van der Waals surface area contributed by atoms with E-state index in [2.05, 4.69) is 31.1 Å². The molecule has 1 aliphatic heterocycles. The lowest BCUT2D eigenvalue weighted by molar-refractivity contribution is -0.121. The third kappa shape index (κ3) is 6.84. The molecule has 0 spiro atoms. The van der Waals surface area contributed by atoms with E-state index in [0.29, 0.717) is 63.3 Å². The van der Waals surface area contributed by atoms with Crippen molar-refractivity contribution >= 4 is 17.7 Å².